The molecule has 114 valence electrons. The summed E-state index contributed by atoms with van der Waals surface area (Å²) in [6.45, 7) is 5.05. The van der Waals surface area contributed by atoms with E-state index in [1.807, 2.05) is 10.6 Å². The average Bonchev–Trinajstić information content (AvgIpc) is 2.39. The number of carbonyl (C=O) groups excluding carboxylic acids is 4. The van der Waals surface area contributed by atoms with Gasteiger partial charge in [0.15, 0.2) is 5.92 Å². The molecule has 8 heteroatoms. The molecule has 0 unspecified atom stereocenters. The van der Waals surface area contributed by atoms with Crippen molar-refractivity contribution in [1.82, 2.24) is 10.6 Å². The number of hydrogen-bond donors (Lipinski definition) is 4. The first-order valence-electron chi connectivity index (χ1n) is 6.36. The highest BCUT2D eigenvalue weighted by molar-refractivity contribution is 6.18. The van der Waals surface area contributed by atoms with Gasteiger partial charge < -0.3 is 10.6 Å². The first-order valence-corrected chi connectivity index (χ1v) is 6.36. The molecule has 4 N–H and O–H groups in total. The number of nitrogens with one attached hydrogen (secondary N) is 4. The van der Waals surface area contributed by atoms with Gasteiger partial charge in [0.2, 0.25) is 17.7 Å². The van der Waals surface area contributed by atoms with E-state index < -0.39 is 23.8 Å². The summed E-state index contributed by atoms with van der Waals surface area (Å²) in [7, 11) is 0. The lowest BCUT2D eigenvalue weighted by molar-refractivity contribution is -0.134. The van der Waals surface area contributed by atoms with Crippen LogP contribution in [0.5, 0.6) is 0 Å². The van der Waals surface area contributed by atoms with Gasteiger partial charge in [0.25, 0.3) is 0 Å². The fraction of sp³-hybridized carbons (Fsp3) is 0.143. The van der Waals surface area contributed by atoms with Crippen LogP contribution in [-0.4, -0.2) is 23.8 Å². The fourth-order valence-corrected chi connectivity index (χ4v) is 1.93. The number of anilines is 2. The second-order valence-electron chi connectivity index (χ2n) is 4.65. The van der Waals surface area contributed by atoms with Gasteiger partial charge in [-0.3, -0.25) is 25.0 Å². The Hall–Kier alpha value is -3.16. The molecule has 0 spiro atoms. The minimum Gasteiger partial charge on any atom is -0.358 e. The van der Waals surface area contributed by atoms with Gasteiger partial charge in [0.05, 0.1) is 0 Å². The lowest BCUT2D eigenvalue weighted by Crippen LogP contribution is -2.56. The topological polar surface area (TPSA) is 116 Å². The average molecular weight is 302 g/mol. The molecule has 1 fully saturated rings. The second-order valence-corrected chi connectivity index (χ2v) is 4.65. The molecule has 1 saturated heterocycles. The SMILES string of the molecule is C=C(Nc1ccc(NC(C)=O)cc1)C1C(=O)NC(=O)NC1=O. The molecule has 0 aromatic heterocycles. The minimum atomic E-state index is -1.20. The maximum Gasteiger partial charge on any atom is 0.328 e. The third kappa shape index (κ3) is 3.48. The summed E-state index contributed by atoms with van der Waals surface area (Å²) in [6, 6.07) is 5.77. The van der Waals surface area contributed by atoms with Crippen molar-refractivity contribution in [2.45, 2.75) is 6.92 Å². The molecule has 5 amide bonds. The number of hydrogen-bond acceptors (Lipinski definition) is 5. The number of barbiturate groups is 1. The summed E-state index contributed by atoms with van der Waals surface area (Å²) >= 11 is 0. The second kappa shape index (κ2) is 6.08. The van der Waals surface area contributed by atoms with E-state index in [0.29, 0.717) is 11.4 Å². The van der Waals surface area contributed by atoms with Gasteiger partial charge in [-0.05, 0) is 24.3 Å². The zero-order valence-corrected chi connectivity index (χ0v) is 11.7. The number of rotatable bonds is 4. The van der Waals surface area contributed by atoms with E-state index in [9.17, 15) is 19.2 Å². The highest BCUT2D eigenvalue weighted by atomic mass is 16.2. The molecule has 2 rings (SSSR count). The van der Waals surface area contributed by atoms with E-state index in [-0.39, 0.29) is 11.6 Å². The van der Waals surface area contributed by atoms with Crippen molar-refractivity contribution in [2.24, 2.45) is 5.92 Å². The normalized spacial score (nSPS) is 14.9. The Morgan fingerprint density at radius 1 is 1.00 bits per heavy atom. The minimum absolute atomic E-state index is 0.134. The van der Waals surface area contributed by atoms with Crippen LogP contribution in [0, 0.1) is 5.92 Å². The standard InChI is InChI=1S/C14H14N4O4/c1-7(11-12(20)17-14(22)18-13(11)21)15-9-3-5-10(6-4-9)16-8(2)19/h3-6,11,15H,1H2,2H3,(H,16,19)(H2,17,18,20,21,22). The van der Waals surface area contributed by atoms with Crippen LogP contribution in [0.15, 0.2) is 36.5 Å². The molecule has 0 atom stereocenters. The van der Waals surface area contributed by atoms with Crippen molar-refractivity contribution in [1.29, 1.82) is 0 Å². The number of urea groups is 1. The third-order valence-corrected chi connectivity index (χ3v) is 2.86. The number of carbonyl (C=O) groups is 4. The van der Waals surface area contributed by atoms with E-state index in [1.54, 1.807) is 24.3 Å². The molecule has 0 radical (unpaired) electrons. The Balaban J connectivity index is 2.05. The molecule has 22 heavy (non-hydrogen) atoms. The first-order chi connectivity index (χ1) is 10.4. The Bertz CT molecular complexity index is 646. The summed E-state index contributed by atoms with van der Waals surface area (Å²) in [5, 5.41) is 9.44. The number of amides is 5. The summed E-state index contributed by atoms with van der Waals surface area (Å²) < 4.78 is 0. The Kier molecular flexibility index (Phi) is 4.21. The molecule has 0 saturated carbocycles. The highest BCUT2D eigenvalue weighted by Gasteiger charge is 2.36. The predicted molar refractivity (Wildman–Crippen MR) is 78.7 cm³/mol. The Labute approximate surface area is 126 Å². The third-order valence-electron chi connectivity index (χ3n) is 2.86. The van der Waals surface area contributed by atoms with E-state index in [1.165, 1.54) is 6.92 Å². The molecule has 1 aliphatic heterocycles. The zero-order chi connectivity index (χ0) is 16.3. The van der Waals surface area contributed by atoms with Gasteiger partial charge >= 0.3 is 6.03 Å². The van der Waals surface area contributed by atoms with Gasteiger partial charge in [-0.25, -0.2) is 4.79 Å². The maximum atomic E-state index is 11.7. The summed E-state index contributed by atoms with van der Waals surface area (Å²) in [5.41, 5.74) is 1.33. The Morgan fingerprint density at radius 2 is 1.45 bits per heavy atom. The molecule has 0 bridgehead atoms. The fourth-order valence-electron chi connectivity index (χ4n) is 1.93. The van der Waals surface area contributed by atoms with Gasteiger partial charge in [-0.15, -0.1) is 0 Å². The molecular weight excluding hydrogens is 288 g/mol. The summed E-state index contributed by atoms with van der Waals surface area (Å²) in [4.78, 5) is 45.3. The summed E-state index contributed by atoms with van der Waals surface area (Å²) in [6.07, 6.45) is 0. The zero-order valence-electron chi connectivity index (χ0n) is 11.7. The quantitative estimate of drug-likeness (QED) is 0.606. The molecule has 1 heterocycles. The molecular formula is C14H14N4O4. The van der Waals surface area contributed by atoms with E-state index in [0.717, 1.165) is 0 Å². The largest absolute Gasteiger partial charge is 0.358 e. The van der Waals surface area contributed by atoms with Crippen LogP contribution in [-0.2, 0) is 14.4 Å². The van der Waals surface area contributed by atoms with Gasteiger partial charge in [0.1, 0.15) is 0 Å². The van der Waals surface area contributed by atoms with E-state index in [4.69, 9.17) is 0 Å². The monoisotopic (exact) mass is 302 g/mol. The van der Waals surface area contributed by atoms with Crippen molar-refractivity contribution >= 4 is 35.1 Å². The van der Waals surface area contributed by atoms with Crippen LogP contribution in [0.2, 0.25) is 0 Å². The molecule has 1 aromatic carbocycles. The maximum absolute atomic E-state index is 11.7. The van der Waals surface area contributed by atoms with Crippen molar-refractivity contribution in [2.75, 3.05) is 10.6 Å². The summed E-state index contributed by atoms with van der Waals surface area (Å²) in [5.74, 6) is -2.86. The van der Waals surface area contributed by atoms with E-state index in [2.05, 4.69) is 17.2 Å². The van der Waals surface area contributed by atoms with E-state index >= 15 is 0 Å². The van der Waals surface area contributed by atoms with Crippen LogP contribution in [0.4, 0.5) is 16.2 Å². The lowest BCUT2D eigenvalue weighted by Gasteiger charge is -2.23. The lowest BCUT2D eigenvalue weighted by atomic mass is 10.0. The molecule has 0 aliphatic carbocycles. The Morgan fingerprint density at radius 3 is 1.91 bits per heavy atom. The van der Waals surface area contributed by atoms with Crippen molar-refractivity contribution in [3.63, 3.8) is 0 Å². The predicted octanol–water partition coefficient (Wildman–Crippen LogP) is 0.553. The number of benzene rings is 1. The van der Waals surface area contributed by atoms with Crippen molar-refractivity contribution in [3.05, 3.63) is 36.5 Å². The van der Waals surface area contributed by atoms with Crippen molar-refractivity contribution in [3.8, 4) is 0 Å². The smallest absolute Gasteiger partial charge is 0.328 e. The molecule has 8 nitrogen and oxygen atoms in total. The highest BCUT2D eigenvalue weighted by Crippen LogP contribution is 2.19. The van der Waals surface area contributed by atoms with Gasteiger partial charge in [-0.2, -0.15) is 0 Å². The van der Waals surface area contributed by atoms with Crippen LogP contribution >= 0.6 is 0 Å². The van der Waals surface area contributed by atoms with Crippen LogP contribution < -0.4 is 21.3 Å². The van der Waals surface area contributed by atoms with Crippen molar-refractivity contribution < 1.29 is 19.2 Å². The first kappa shape index (κ1) is 15.2. The van der Waals surface area contributed by atoms with Crippen LogP contribution in [0.3, 0.4) is 0 Å². The van der Waals surface area contributed by atoms with Gasteiger partial charge in [0, 0.05) is 24.0 Å². The molecule has 1 aromatic rings. The van der Waals surface area contributed by atoms with Crippen LogP contribution in [0.1, 0.15) is 6.92 Å². The van der Waals surface area contributed by atoms with Gasteiger partial charge in [-0.1, -0.05) is 6.58 Å². The number of imide groups is 2. The van der Waals surface area contributed by atoms with Crippen LogP contribution in [0.25, 0.3) is 0 Å². The molecule has 1 aliphatic rings.